The molecule has 0 unspecified atom stereocenters. The lowest BCUT2D eigenvalue weighted by Gasteiger charge is -2.24. The Kier molecular flexibility index (Phi) is 3.12. The second kappa shape index (κ2) is 5.27. The van der Waals surface area contributed by atoms with Crippen LogP contribution in [0.5, 0.6) is 0 Å². The van der Waals surface area contributed by atoms with Gasteiger partial charge in [-0.25, -0.2) is 24.6 Å². The molecule has 22 heavy (non-hydrogen) atoms. The molecule has 0 saturated carbocycles. The number of fused-ring (bicyclic) bond motifs is 1. The van der Waals surface area contributed by atoms with Crippen molar-refractivity contribution in [3.05, 3.63) is 72.2 Å². The third kappa shape index (κ3) is 2.06. The lowest BCUT2D eigenvalue weighted by atomic mass is 10.3. The minimum absolute atomic E-state index is 0.720. The first kappa shape index (κ1) is 13.0. The first-order chi connectivity index (χ1) is 10.8. The molecule has 0 atom stereocenters. The van der Waals surface area contributed by atoms with E-state index in [4.69, 9.17) is 0 Å². The summed E-state index contributed by atoms with van der Waals surface area (Å²) in [4.78, 5) is 13.1. The highest BCUT2D eigenvalue weighted by atomic mass is 79.9. The van der Waals surface area contributed by atoms with Crippen molar-refractivity contribution in [2.45, 2.75) is 0 Å². The highest BCUT2D eigenvalue weighted by Gasteiger charge is 2.18. The molecule has 7 heteroatoms. The van der Waals surface area contributed by atoms with Crippen LogP contribution in [0.3, 0.4) is 0 Å². The molecule has 0 saturated heterocycles. The minimum atomic E-state index is 0.720. The summed E-state index contributed by atoms with van der Waals surface area (Å²) >= 11 is 3.49. The monoisotopic (exact) mass is 354 g/mol. The Bertz CT molecular complexity index is 900. The van der Waals surface area contributed by atoms with E-state index in [2.05, 4.69) is 30.9 Å². The van der Waals surface area contributed by atoms with E-state index in [1.807, 2.05) is 56.8 Å². The molecule has 1 aromatic carbocycles. The van der Waals surface area contributed by atoms with Crippen LogP contribution in [0.2, 0.25) is 0 Å². The number of imidazole rings is 2. The van der Waals surface area contributed by atoms with Crippen molar-refractivity contribution in [1.29, 1.82) is 0 Å². The molecule has 0 amide bonds. The number of anilines is 2. The summed E-state index contributed by atoms with van der Waals surface area (Å²) in [7, 11) is 0. The van der Waals surface area contributed by atoms with Gasteiger partial charge in [-0.2, -0.15) is 0 Å². The van der Waals surface area contributed by atoms with Gasteiger partial charge in [0.2, 0.25) is 0 Å². The van der Waals surface area contributed by atoms with Gasteiger partial charge in [0, 0.05) is 24.8 Å². The van der Waals surface area contributed by atoms with Crippen LogP contribution in [-0.4, -0.2) is 24.0 Å². The predicted octanol–water partition coefficient (Wildman–Crippen LogP) is 3.29. The molecule has 0 fully saturated rings. The predicted molar refractivity (Wildman–Crippen MR) is 86.9 cm³/mol. The fraction of sp³-hybridized carbons (Fsp3) is 0. The molecule has 0 aliphatic rings. The first-order valence-electron chi connectivity index (χ1n) is 6.65. The first-order valence-corrected chi connectivity index (χ1v) is 7.45. The fourth-order valence-corrected chi connectivity index (χ4v) is 2.72. The normalized spacial score (nSPS) is 11.0. The molecule has 0 spiro atoms. The Morgan fingerprint density at radius 1 is 1.00 bits per heavy atom. The van der Waals surface area contributed by atoms with E-state index in [0.717, 1.165) is 21.8 Å². The number of nitrogens with zero attached hydrogens (tertiary/aromatic N) is 6. The second-order valence-electron chi connectivity index (χ2n) is 4.62. The zero-order valence-electron chi connectivity index (χ0n) is 11.4. The topological polar surface area (TPSA) is 51.2 Å². The van der Waals surface area contributed by atoms with Crippen LogP contribution < -0.4 is 5.01 Å². The summed E-state index contributed by atoms with van der Waals surface area (Å²) < 4.78 is 4.66. The van der Waals surface area contributed by atoms with Crippen molar-refractivity contribution in [3.8, 4) is 0 Å². The van der Waals surface area contributed by atoms with E-state index in [1.54, 1.807) is 24.9 Å². The van der Waals surface area contributed by atoms with Gasteiger partial charge in [-0.3, -0.25) is 4.40 Å². The Hall–Kier alpha value is -2.67. The van der Waals surface area contributed by atoms with E-state index >= 15 is 0 Å². The number of rotatable bonds is 3. The Morgan fingerprint density at radius 3 is 2.64 bits per heavy atom. The lowest BCUT2D eigenvalue weighted by Crippen LogP contribution is -2.24. The smallest absolute Gasteiger partial charge is 0.196 e. The van der Waals surface area contributed by atoms with Gasteiger partial charge in [-0.15, -0.1) is 0 Å². The lowest BCUT2D eigenvalue weighted by molar-refractivity contribution is 0.796. The summed E-state index contributed by atoms with van der Waals surface area (Å²) in [5, 5.41) is 1.96. The van der Waals surface area contributed by atoms with Crippen molar-refractivity contribution < 1.29 is 0 Å². The zero-order valence-corrected chi connectivity index (χ0v) is 13.0. The third-order valence-corrected chi connectivity index (χ3v) is 3.87. The minimum Gasteiger partial charge on any atom is -0.289 e. The molecule has 4 aromatic rings. The number of benzene rings is 1. The fourth-order valence-electron chi connectivity index (χ4n) is 2.33. The Balaban J connectivity index is 1.98. The van der Waals surface area contributed by atoms with Crippen LogP contribution in [0.25, 0.3) is 5.65 Å². The Morgan fingerprint density at radius 2 is 1.86 bits per heavy atom. The average molecular weight is 355 g/mol. The van der Waals surface area contributed by atoms with Crippen molar-refractivity contribution in [1.82, 2.24) is 24.0 Å². The van der Waals surface area contributed by atoms with Gasteiger partial charge in [0.15, 0.2) is 11.5 Å². The van der Waals surface area contributed by atoms with Gasteiger partial charge in [0.05, 0.1) is 11.9 Å². The third-order valence-electron chi connectivity index (χ3n) is 3.29. The van der Waals surface area contributed by atoms with E-state index in [0.29, 0.717) is 0 Å². The van der Waals surface area contributed by atoms with E-state index < -0.39 is 0 Å². The van der Waals surface area contributed by atoms with Crippen LogP contribution >= 0.6 is 15.9 Å². The van der Waals surface area contributed by atoms with Gasteiger partial charge in [0.25, 0.3) is 0 Å². The molecule has 6 nitrogen and oxygen atoms in total. The highest BCUT2D eigenvalue weighted by molar-refractivity contribution is 9.10. The van der Waals surface area contributed by atoms with E-state index in [9.17, 15) is 0 Å². The summed E-state index contributed by atoms with van der Waals surface area (Å²) in [5.41, 5.74) is 1.73. The van der Waals surface area contributed by atoms with Crippen LogP contribution in [0.15, 0.2) is 72.2 Å². The number of para-hydroxylation sites is 1. The van der Waals surface area contributed by atoms with Gasteiger partial charge < -0.3 is 0 Å². The SMILES string of the molecule is Brc1cnc(N(c2ccccc2)n2ccnc2)c2nccn12. The van der Waals surface area contributed by atoms with Crippen LogP contribution in [0.1, 0.15) is 0 Å². The number of aromatic nitrogens is 5. The van der Waals surface area contributed by atoms with Crippen molar-refractivity contribution in [2.75, 3.05) is 5.01 Å². The van der Waals surface area contributed by atoms with Crippen molar-refractivity contribution in [2.24, 2.45) is 0 Å². The van der Waals surface area contributed by atoms with Gasteiger partial charge >= 0.3 is 0 Å². The molecule has 3 aromatic heterocycles. The quantitative estimate of drug-likeness (QED) is 0.566. The summed E-state index contributed by atoms with van der Waals surface area (Å²) in [6, 6.07) is 9.99. The molecule has 0 N–H and O–H groups in total. The molecule has 0 bridgehead atoms. The van der Waals surface area contributed by atoms with Gasteiger partial charge in [0.1, 0.15) is 10.9 Å². The molecule has 0 aliphatic carbocycles. The maximum absolute atomic E-state index is 4.56. The van der Waals surface area contributed by atoms with E-state index in [-0.39, 0.29) is 0 Å². The number of halogens is 1. The molecular formula is C15H11BrN6. The van der Waals surface area contributed by atoms with Crippen LogP contribution in [0.4, 0.5) is 11.5 Å². The Labute approximate surface area is 134 Å². The second-order valence-corrected chi connectivity index (χ2v) is 5.43. The summed E-state index contributed by atoms with van der Waals surface area (Å²) in [6.07, 6.45) is 10.7. The molecule has 108 valence electrons. The zero-order chi connectivity index (χ0) is 14.9. The van der Waals surface area contributed by atoms with Crippen LogP contribution in [0, 0.1) is 0 Å². The van der Waals surface area contributed by atoms with Gasteiger partial charge in [-0.1, -0.05) is 18.2 Å². The maximum Gasteiger partial charge on any atom is 0.196 e. The molecule has 3 heterocycles. The number of hydrogen-bond donors (Lipinski definition) is 0. The standard InChI is InChI=1S/C15H11BrN6/c16-13-10-19-15(14-18-7-9-21(13)14)22(20-8-6-17-11-20)12-4-2-1-3-5-12/h1-11H. The van der Waals surface area contributed by atoms with Crippen molar-refractivity contribution in [3.63, 3.8) is 0 Å². The highest BCUT2D eigenvalue weighted by Crippen LogP contribution is 2.28. The molecule has 0 radical (unpaired) electrons. The van der Waals surface area contributed by atoms with Gasteiger partial charge in [-0.05, 0) is 28.1 Å². The number of hydrogen-bond acceptors (Lipinski definition) is 4. The van der Waals surface area contributed by atoms with E-state index in [1.165, 1.54) is 0 Å². The summed E-state index contributed by atoms with van der Waals surface area (Å²) in [5.74, 6) is 0.720. The molecule has 0 aliphatic heterocycles. The van der Waals surface area contributed by atoms with Crippen LogP contribution in [-0.2, 0) is 0 Å². The van der Waals surface area contributed by atoms with Crippen molar-refractivity contribution >= 4 is 33.1 Å². The molecule has 4 rings (SSSR count). The average Bonchev–Trinajstić information content (AvgIpc) is 3.23. The maximum atomic E-state index is 4.56. The summed E-state index contributed by atoms with van der Waals surface area (Å²) in [6.45, 7) is 0. The molecular weight excluding hydrogens is 344 g/mol. The largest absolute Gasteiger partial charge is 0.289 e.